The number of hydrazone groups is 1. The van der Waals surface area contributed by atoms with E-state index in [1.807, 2.05) is 5.01 Å². The molecule has 0 radical (unpaired) electrons. The summed E-state index contributed by atoms with van der Waals surface area (Å²) in [7, 11) is 1.70. The molecule has 0 spiro atoms. The Bertz CT molecular complexity index is 219. The van der Waals surface area contributed by atoms with Crippen molar-refractivity contribution in [3.8, 4) is 0 Å². The second-order valence-corrected chi connectivity index (χ2v) is 3.77. The van der Waals surface area contributed by atoms with Crippen LogP contribution in [0, 0.1) is 0 Å². The molecule has 0 aromatic heterocycles. The van der Waals surface area contributed by atoms with E-state index in [0.29, 0.717) is 19.1 Å². The molecule has 0 bridgehead atoms. The summed E-state index contributed by atoms with van der Waals surface area (Å²) in [5.74, 6) is 0. The smallest absolute Gasteiger partial charge is 0.0943 e. The van der Waals surface area contributed by atoms with Gasteiger partial charge in [0.15, 0.2) is 0 Å². The van der Waals surface area contributed by atoms with Gasteiger partial charge in [-0.1, -0.05) is 6.08 Å². The van der Waals surface area contributed by atoms with E-state index >= 15 is 0 Å². The van der Waals surface area contributed by atoms with Crippen LogP contribution in [0.3, 0.4) is 0 Å². The van der Waals surface area contributed by atoms with Crippen LogP contribution >= 0.6 is 0 Å². The molecule has 15 heavy (non-hydrogen) atoms. The SMILES string of the molecule is C=CCC(O)C=NN1CCC[C@H]1COC. The molecule has 1 aliphatic rings. The molecule has 2 atom stereocenters. The Morgan fingerprint density at radius 2 is 2.53 bits per heavy atom. The van der Waals surface area contributed by atoms with Crippen LogP contribution < -0.4 is 0 Å². The van der Waals surface area contributed by atoms with Crippen LogP contribution in [0.4, 0.5) is 0 Å². The van der Waals surface area contributed by atoms with Crippen LogP contribution in [0.5, 0.6) is 0 Å². The molecule has 86 valence electrons. The molecule has 1 aliphatic heterocycles. The van der Waals surface area contributed by atoms with Gasteiger partial charge in [0.25, 0.3) is 0 Å². The van der Waals surface area contributed by atoms with E-state index in [-0.39, 0.29) is 0 Å². The Balaban J connectivity index is 2.38. The van der Waals surface area contributed by atoms with Crippen LogP contribution in [-0.2, 0) is 4.74 Å². The van der Waals surface area contributed by atoms with E-state index in [4.69, 9.17) is 4.74 Å². The Labute approximate surface area is 91.2 Å². The standard InChI is InChI=1S/C11H20N2O2/c1-3-5-11(14)8-12-13-7-4-6-10(13)9-15-2/h3,8,10-11,14H,1,4-7,9H2,2H3/t10-,11?/m0/s1. The molecular formula is C11H20N2O2. The highest BCUT2D eigenvalue weighted by molar-refractivity contribution is 5.62. The fraction of sp³-hybridized carbons (Fsp3) is 0.727. The molecule has 1 rings (SSSR count). The van der Waals surface area contributed by atoms with E-state index in [0.717, 1.165) is 19.4 Å². The van der Waals surface area contributed by atoms with Gasteiger partial charge in [-0.25, -0.2) is 0 Å². The molecule has 1 N–H and O–H groups in total. The van der Waals surface area contributed by atoms with Crippen molar-refractivity contribution in [2.24, 2.45) is 5.10 Å². The van der Waals surface area contributed by atoms with Crippen molar-refractivity contribution in [2.75, 3.05) is 20.3 Å². The minimum Gasteiger partial charge on any atom is -0.387 e. The number of hydrogen-bond donors (Lipinski definition) is 1. The number of aliphatic hydroxyl groups is 1. The van der Waals surface area contributed by atoms with Crippen LogP contribution in [0.25, 0.3) is 0 Å². The van der Waals surface area contributed by atoms with Gasteiger partial charge in [-0.2, -0.15) is 5.10 Å². The molecular weight excluding hydrogens is 192 g/mol. The first-order chi connectivity index (χ1) is 7.27. The van der Waals surface area contributed by atoms with Crippen LogP contribution in [-0.4, -0.2) is 48.7 Å². The molecule has 0 aliphatic carbocycles. The quantitative estimate of drug-likeness (QED) is 0.528. The summed E-state index contributed by atoms with van der Waals surface area (Å²) in [4.78, 5) is 0. The maximum atomic E-state index is 9.45. The van der Waals surface area contributed by atoms with Gasteiger partial charge in [-0.3, -0.25) is 5.01 Å². The summed E-state index contributed by atoms with van der Waals surface area (Å²) in [5, 5.41) is 15.7. The first-order valence-electron chi connectivity index (χ1n) is 5.36. The van der Waals surface area contributed by atoms with E-state index in [1.165, 1.54) is 0 Å². The first kappa shape index (κ1) is 12.2. The number of rotatable bonds is 6. The van der Waals surface area contributed by atoms with Gasteiger partial charge in [0.1, 0.15) is 0 Å². The summed E-state index contributed by atoms with van der Waals surface area (Å²) in [6.07, 6.45) is 5.55. The predicted molar refractivity (Wildman–Crippen MR) is 60.9 cm³/mol. The molecule has 1 unspecified atom stereocenters. The highest BCUT2D eigenvalue weighted by Gasteiger charge is 2.22. The summed E-state index contributed by atoms with van der Waals surface area (Å²) < 4.78 is 5.12. The number of aliphatic hydroxyl groups excluding tert-OH is 1. The number of methoxy groups -OCH3 is 1. The number of ether oxygens (including phenoxy) is 1. The average molecular weight is 212 g/mol. The zero-order chi connectivity index (χ0) is 11.1. The molecule has 4 heteroatoms. The predicted octanol–water partition coefficient (Wildman–Crippen LogP) is 1.02. The average Bonchev–Trinajstić information content (AvgIpc) is 2.64. The van der Waals surface area contributed by atoms with Crippen LogP contribution in [0.2, 0.25) is 0 Å². The maximum absolute atomic E-state index is 9.45. The fourth-order valence-corrected chi connectivity index (χ4v) is 1.73. The molecule has 0 aromatic rings. The number of nitrogens with zero attached hydrogens (tertiary/aromatic N) is 2. The van der Waals surface area contributed by atoms with Gasteiger partial charge >= 0.3 is 0 Å². The molecule has 0 amide bonds. The van der Waals surface area contributed by atoms with Gasteiger partial charge in [-0.15, -0.1) is 6.58 Å². The van der Waals surface area contributed by atoms with Crippen molar-refractivity contribution in [1.29, 1.82) is 0 Å². The lowest BCUT2D eigenvalue weighted by atomic mass is 10.2. The lowest BCUT2D eigenvalue weighted by Gasteiger charge is -2.20. The third-order valence-corrected chi connectivity index (χ3v) is 2.50. The highest BCUT2D eigenvalue weighted by atomic mass is 16.5. The first-order valence-corrected chi connectivity index (χ1v) is 5.36. The zero-order valence-electron chi connectivity index (χ0n) is 9.30. The van der Waals surface area contributed by atoms with E-state index < -0.39 is 6.10 Å². The molecule has 1 saturated heterocycles. The molecule has 0 saturated carbocycles. The Kier molecular flexibility index (Phi) is 5.36. The maximum Gasteiger partial charge on any atom is 0.0943 e. The Hall–Kier alpha value is -0.870. The van der Waals surface area contributed by atoms with Crippen molar-refractivity contribution in [3.05, 3.63) is 12.7 Å². The second-order valence-electron chi connectivity index (χ2n) is 3.77. The number of hydrogen-bond acceptors (Lipinski definition) is 4. The lowest BCUT2D eigenvalue weighted by molar-refractivity contribution is 0.117. The highest BCUT2D eigenvalue weighted by Crippen LogP contribution is 2.17. The molecule has 1 heterocycles. The van der Waals surface area contributed by atoms with Crippen LogP contribution in [0.1, 0.15) is 19.3 Å². The fourth-order valence-electron chi connectivity index (χ4n) is 1.73. The van der Waals surface area contributed by atoms with Gasteiger partial charge in [0.2, 0.25) is 0 Å². The second kappa shape index (κ2) is 6.58. The lowest BCUT2D eigenvalue weighted by Crippen LogP contribution is -2.29. The summed E-state index contributed by atoms with van der Waals surface area (Å²) in [6.45, 7) is 5.22. The van der Waals surface area contributed by atoms with Crippen molar-refractivity contribution in [2.45, 2.75) is 31.4 Å². The van der Waals surface area contributed by atoms with E-state index in [9.17, 15) is 5.11 Å². The van der Waals surface area contributed by atoms with Crippen molar-refractivity contribution < 1.29 is 9.84 Å². The summed E-state index contributed by atoms with van der Waals surface area (Å²) in [6, 6.07) is 0.363. The minimum atomic E-state index is -0.522. The van der Waals surface area contributed by atoms with Gasteiger partial charge in [0, 0.05) is 13.7 Å². The molecule has 0 aromatic carbocycles. The monoisotopic (exact) mass is 212 g/mol. The van der Waals surface area contributed by atoms with E-state index in [1.54, 1.807) is 19.4 Å². The van der Waals surface area contributed by atoms with Gasteiger partial charge < -0.3 is 9.84 Å². The largest absolute Gasteiger partial charge is 0.387 e. The third-order valence-electron chi connectivity index (χ3n) is 2.50. The topological polar surface area (TPSA) is 45.1 Å². The zero-order valence-corrected chi connectivity index (χ0v) is 9.30. The van der Waals surface area contributed by atoms with Gasteiger partial charge in [0.05, 0.1) is 25.0 Å². The molecule has 4 nitrogen and oxygen atoms in total. The minimum absolute atomic E-state index is 0.363. The Morgan fingerprint density at radius 1 is 1.73 bits per heavy atom. The summed E-state index contributed by atoms with van der Waals surface area (Å²) in [5.41, 5.74) is 0. The van der Waals surface area contributed by atoms with E-state index in [2.05, 4.69) is 11.7 Å². The third kappa shape index (κ3) is 4.01. The Morgan fingerprint density at radius 3 is 3.20 bits per heavy atom. The van der Waals surface area contributed by atoms with Crippen molar-refractivity contribution in [3.63, 3.8) is 0 Å². The summed E-state index contributed by atoms with van der Waals surface area (Å²) >= 11 is 0. The van der Waals surface area contributed by atoms with Gasteiger partial charge in [-0.05, 0) is 19.3 Å². The van der Waals surface area contributed by atoms with Crippen molar-refractivity contribution in [1.82, 2.24) is 5.01 Å². The van der Waals surface area contributed by atoms with Crippen LogP contribution in [0.15, 0.2) is 17.8 Å². The van der Waals surface area contributed by atoms with Crippen molar-refractivity contribution >= 4 is 6.21 Å². The molecule has 1 fully saturated rings. The normalized spacial score (nSPS) is 23.6.